The summed E-state index contributed by atoms with van der Waals surface area (Å²) in [7, 11) is 1.27. The average molecular weight is 198 g/mol. The maximum atomic E-state index is 12.9. The van der Waals surface area contributed by atoms with E-state index in [0.717, 1.165) is 6.07 Å². The maximum Gasteiger partial charge on any atom is 0.312 e. The molecule has 0 fully saturated rings. The molecule has 14 heavy (non-hydrogen) atoms. The van der Waals surface area contributed by atoms with Crippen LogP contribution in [0.5, 0.6) is 5.75 Å². The van der Waals surface area contributed by atoms with Crippen molar-refractivity contribution >= 4 is 5.97 Å². The van der Waals surface area contributed by atoms with Gasteiger partial charge in [-0.3, -0.25) is 4.79 Å². The number of benzene rings is 1. The van der Waals surface area contributed by atoms with Crippen LogP contribution in [-0.4, -0.2) is 18.2 Å². The average Bonchev–Trinajstić information content (AvgIpc) is 2.20. The van der Waals surface area contributed by atoms with Gasteiger partial charge in [-0.1, -0.05) is 6.07 Å². The van der Waals surface area contributed by atoms with Crippen LogP contribution < -0.4 is 0 Å². The highest BCUT2D eigenvalue weighted by atomic mass is 19.1. The van der Waals surface area contributed by atoms with Crippen LogP contribution in [0.25, 0.3) is 0 Å². The Kier molecular flexibility index (Phi) is 3.06. The van der Waals surface area contributed by atoms with E-state index >= 15 is 0 Å². The molecule has 0 radical (unpaired) electrons. The predicted molar refractivity (Wildman–Crippen MR) is 48.5 cm³/mol. The van der Waals surface area contributed by atoms with Crippen molar-refractivity contribution in [1.29, 1.82) is 0 Å². The van der Waals surface area contributed by atoms with Crippen molar-refractivity contribution in [3.05, 3.63) is 29.6 Å². The monoisotopic (exact) mass is 198 g/mol. The van der Waals surface area contributed by atoms with Crippen LogP contribution in [0.15, 0.2) is 18.2 Å². The number of hydrogen-bond acceptors (Lipinski definition) is 3. The SMILES string of the molecule is COC(=O)C(C)c1ccc(O)c(F)c1. The lowest BCUT2D eigenvalue weighted by molar-refractivity contribution is -0.141. The van der Waals surface area contributed by atoms with E-state index in [9.17, 15) is 9.18 Å². The number of rotatable bonds is 2. The normalized spacial score (nSPS) is 12.2. The van der Waals surface area contributed by atoms with Crippen molar-refractivity contribution in [2.24, 2.45) is 0 Å². The van der Waals surface area contributed by atoms with Crippen molar-refractivity contribution in [3.8, 4) is 5.75 Å². The molecule has 0 bridgehead atoms. The van der Waals surface area contributed by atoms with E-state index < -0.39 is 23.5 Å². The molecule has 0 heterocycles. The van der Waals surface area contributed by atoms with Crippen LogP contribution in [0.2, 0.25) is 0 Å². The number of methoxy groups -OCH3 is 1. The molecule has 0 amide bonds. The minimum atomic E-state index is -0.738. The summed E-state index contributed by atoms with van der Waals surface area (Å²) in [6.45, 7) is 1.61. The van der Waals surface area contributed by atoms with Gasteiger partial charge in [0.05, 0.1) is 13.0 Å². The molecule has 0 spiro atoms. The van der Waals surface area contributed by atoms with Crippen LogP contribution in [0.4, 0.5) is 4.39 Å². The maximum absolute atomic E-state index is 12.9. The quantitative estimate of drug-likeness (QED) is 0.737. The molecule has 0 aliphatic carbocycles. The minimum absolute atomic E-state index is 0.425. The molecule has 0 aliphatic heterocycles. The van der Waals surface area contributed by atoms with Crippen LogP contribution in [0.3, 0.4) is 0 Å². The number of carbonyl (C=O) groups is 1. The third-order valence-corrected chi connectivity index (χ3v) is 2.03. The van der Waals surface area contributed by atoms with Gasteiger partial charge in [-0.05, 0) is 24.6 Å². The number of halogens is 1. The van der Waals surface area contributed by atoms with Crippen LogP contribution in [0, 0.1) is 5.82 Å². The molecule has 1 aromatic rings. The Balaban J connectivity index is 2.96. The molecule has 1 rings (SSSR count). The van der Waals surface area contributed by atoms with Gasteiger partial charge in [-0.2, -0.15) is 0 Å². The van der Waals surface area contributed by atoms with Crippen molar-refractivity contribution in [3.63, 3.8) is 0 Å². The third-order valence-electron chi connectivity index (χ3n) is 2.03. The zero-order valence-corrected chi connectivity index (χ0v) is 7.95. The fourth-order valence-electron chi connectivity index (χ4n) is 1.11. The number of aromatic hydroxyl groups is 1. The van der Waals surface area contributed by atoms with Gasteiger partial charge in [0.2, 0.25) is 0 Å². The predicted octanol–water partition coefficient (Wildman–Crippen LogP) is 1.81. The lowest BCUT2D eigenvalue weighted by Crippen LogP contribution is -2.10. The van der Waals surface area contributed by atoms with Crippen LogP contribution >= 0.6 is 0 Å². The molecule has 1 N–H and O–H groups in total. The first-order valence-electron chi connectivity index (χ1n) is 4.12. The first kappa shape index (κ1) is 10.5. The molecule has 4 heteroatoms. The number of carbonyl (C=O) groups excluding carboxylic acids is 1. The second kappa shape index (κ2) is 4.09. The lowest BCUT2D eigenvalue weighted by atomic mass is 10.0. The summed E-state index contributed by atoms with van der Waals surface area (Å²) in [6, 6.07) is 3.82. The summed E-state index contributed by atoms with van der Waals surface area (Å²) in [6.07, 6.45) is 0. The lowest BCUT2D eigenvalue weighted by Gasteiger charge is -2.09. The highest BCUT2D eigenvalue weighted by Gasteiger charge is 2.16. The van der Waals surface area contributed by atoms with Crippen molar-refractivity contribution in [1.82, 2.24) is 0 Å². The summed E-state index contributed by atoms with van der Waals surface area (Å²) >= 11 is 0. The molecule has 1 unspecified atom stereocenters. The second-order valence-corrected chi connectivity index (χ2v) is 2.96. The Labute approximate surface area is 81.1 Å². The number of phenolic OH excluding ortho intramolecular Hbond substituents is 1. The van der Waals surface area contributed by atoms with Crippen LogP contribution in [0.1, 0.15) is 18.4 Å². The fraction of sp³-hybridized carbons (Fsp3) is 0.300. The van der Waals surface area contributed by atoms with E-state index in [0.29, 0.717) is 5.56 Å². The van der Waals surface area contributed by atoms with Crippen molar-refractivity contribution in [2.75, 3.05) is 7.11 Å². The first-order valence-corrected chi connectivity index (χ1v) is 4.12. The fourth-order valence-corrected chi connectivity index (χ4v) is 1.11. The van der Waals surface area contributed by atoms with Gasteiger partial charge in [-0.25, -0.2) is 4.39 Å². The molecule has 1 atom stereocenters. The van der Waals surface area contributed by atoms with E-state index in [-0.39, 0.29) is 0 Å². The van der Waals surface area contributed by atoms with Gasteiger partial charge in [-0.15, -0.1) is 0 Å². The van der Waals surface area contributed by atoms with E-state index in [1.54, 1.807) is 6.92 Å². The Morgan fingerprint density at radius 2 is 2.21 bits per heavy atom. The Bertz CT molecular complexity index is 349. The van der Waals surface area contributed by atoms with E-state index in [1.165, 1.54) is 19.2 Å². The number of esters is 1. The first-order chi connectivity index (χ1) is 6.56. The highest BCUT2D eigenvalue weighted by molar-refractivity contribution is 5.77. The Hall–Kier alpha value is -1.58. The van der Waals surface area contributed by atoms with Gasteiger partial charge in [0.25, 0.3) is 0 Å². The topological polar surface area (TPSA) is 46.5 Å². The van der Waals surface area contributed by atoms with Gasteiger partial charge >= 0.3 is 5.97 Å². The van der Waals surface area contributed by atoms with Crippen molar-refractivity contribution in [2.45, 2.75) is 12.8 Å². The summed E-state index contributed by atoms with van der Waals surface area (Å²) in [4.78, 5) is 11.1. The molecule has 76 valence electrons. The summed E-state index contributed by atoms with van der Waals surface area (Å²) in [5, 5.41) is 8.93. The highest BCUT2D eigenvalue weighted by Crippen LogP contribution is 2.22. The Morgan fingerprint density at radius 1 is 1.57 bits per heavy atom. The van der Waals surface area contributed by atoms with E-state index in [1.807, 2.05) is 0 Å². The summed E-state index contributed by atoms with van der Waals surface area (Å²) in [5.74, 6) is -2.13. The standard InChI is InChI=1S/C10H11FO3/c1-6(10(13)14-2)7-3-4-9(12)8(11)5-7/h3-6,12H,1-2H3. The van der Waals surface area contributed by atoms with Gasteiger partial charge in [0.15, 0.2) is 11.6 Å². The molecule has 0 saturated heterocycles. The molecular formula is C10H11FO3. The molecule has 0 saturated carbocycles. The molecule has 0 aromatic heterocycles. The zero-order chi connectivity index (χ0) is 10.7. The van der Waals surface area contributed by atoms with E-state index in [4.69, 9.17) is 5.11 Å². The van der Waals surface area contributed by atoms with Crippen molar-refractivity contribution < 1.29 is 19.0 Å². The number of hydrogen-bond donors (Lipinski definition) is 1. The minimum Gasteiger partial charge on any atom is -0.505 e. The summed E-state index contributed by atoms with van der Waals surface area (Å²) in [5.41, 5.74) is 0.479. The Morgan fingerprint density at radius 3 is 2.71 bits per heavy atom. The second-order valence-electron chi connectivity index (χ2n) is 2.96. The summed E-state index contributed by atoms with van der Waals surface area (Å²) < 4.78 is 17.4. The third kappa shape index (κ3) is 2.02. The smallest absolute Gasteiger partial charge is 0.312 e. The zero-order valence-electron chi connectivity index (χ0n) is 7.95. The molecule has 1 aromatic carbocycles. The van der Waals surface area contributed by atoms with Gasteiger partial charge in [0.1, 0.15) is 0 Å². The molecular weight excluding hydrogens is 187 g/mol. The molecule has 0 aliphatic rings. The number of phenols is 1. The van der Waals surface area contributed by atoms with Gasteiger partial charge in [0, 0.05) is 0 Å². The largest absolute Gasteiger partial charge is 0.505 e. The van der Waals surface area contributed by atoms with Crippen LogP contribution in [-0.2, 0) is 9.53 Å². The molecule has 3 nitrogen and oxygen atoms in total. The number of ether oxygens (including phenoxy) is 1. The van der Waals surface area contributed by atoms with Gasteiger partial charge < -0.3 is 9.84 Å². The van der Waals surface area contributed by atoms with E-state index in [2.05, 4.69) is 4.74 Å².